The maximum Gasteiger partial charge on any atom is 0.301 e. The van der Waals surface area contributed by atoms with Crippen LogP contribution in [0.3, 0.4) is 0 Å². The minimum absolute atomic E-state index is 0.0656. The molecule has 1 saturated heterocycles. The van der Waals surface area contributed by atoms with E-state index in [9.17, 15) is 14.7 Å². The number of ketones is 1. The number of benzene rings is 2. The normalized spacial score (nSPS) is 18.1. The minimum Gasteiger partial charge on any atom is -0.507 e. The van der Waals surface area contributed by atoms with Crippen molar-refractivity contribution in [1.82, 2.24) is 10.2 Å². The predicted octanol–water partition coefficient (Wildman–Crippen LogP) is 4.65. The average molecular weight is 434 g/mol. The van der Waals surface area contributed by atoms with Crippen molar-refractivity contribution in [2.75, 3.05) is 4.90 Å². The number of aryl methyl sites for hydroxylation is 4. The molecule has 1 aliphatic rings. The molecule has 2 heterocycles. The van der Waals surface area contributed by atoms with Crippen LogP contribution in [-0.4, -0.2) is 27.0 Å². The van der Waals surface area contributed by atoms with E-state index in [2.05, 4.69) is 17.1 Å². The lowest BCUT2D eigenvalue weighted by Gasteiger charge is -2.23. The summed E-state index contributed by atoms with van der Waals surface area (Å²) in [7, 11) is 0. The molecule has 1 unspecified atom stereocenters. The smallest absolute Gasteiger partial charge is 0.301 e. The van der Waals surface area contributed by atoms with Crippen LogP contribution in [0.25, 0.3) is 5.76 Å². The van der Waals surface area contributed by atoms with Gasteiger partial charge in [-0.05, 0) is 49.9 Å². The minimum atomic E-state index is -0.779. The van der Waals surface area contributed by atoms with E-state index < -0.39 is 17.7 Å². The van der Waals surface area contributed by atoms with Crippen LogP contribution >= 0.6 is 11.3 Å². The van der Waals surface area contributed by atoms with Crippen molar-refractivity contribution >= 4 is 33.9 Å². The number of nitrogens with zero attached hydrogens (tertiary/aromatic N) is 3. The average Bonchev–Trinajstić information content (AvgIpc) is 3.30. The van der Waals surface area contributed by atoms with Crippen LogP contribution in [0.4, 0.5) is 5.13 Å². The van der Waals surface area contributed by atoms with Gasteiger partial charge in [-0.15, -0.1) is 10.2 Å². The zero-order chi connectivity index (χ0) is 22.3. The molecule has 6 nitrogen and oxygen atoms in total. The summed E-state index contributed by atoms with van der Waals surface area (Å²) in [4.78, 5) is 27.6. The second kappa shape index (κ2) is 8.07. The summed E-state index contributed by atoms with van der Waals surface area (Å²) in [6.07, 6.45) is 0.874. The van der Waals surface area contributed by atoms with E-state index in [1.165, 1.54) is 16.2 Å². The molecule has 1 atom stereocenters. The first-order chi connectivity index (χ1) is 14.8. The molecular formula is C24H23N3O3S. The van der Waals surface area contributed by atoms with Gasteiger partial charge in [0.05, 0.1) is 11.6 Å². The van der Waals surface area contributed by atoms with Crippen LogP contribution in [0.5, 0.6) is 0 Å². The van der Waals surface area contributed by atoms with Gasteiger partial charge in [0.2, 0.25) is 5.13 Å². The quantitative estimate of drug-likeness (QED) is 0.368. The Balaban J connectivity index is 1.96. The second-order valence-electron chi connectivity index (χ2n) is 7.69. The lowest BCUT2D eigenvalue weighted by atomic mass is 9.93. The molecule has 0 radical (unpaired) electrons. The van der Waals surface area contributed by atoms with Crippen molar-refractivity contribution < 1.29 is 14.7 Å². The summed E-state index contributed by atoms with van der Waals surface area (Å²) in [6.45, 7) is 7.63. The number of Topliss-reactive ketones (excluding diaryl/α,β-unsaturated/α-hetero) is 1. The third-order valence-electron chi connectivity index (χ3n) is 5.52. The van der Waals surface area contributed by atoms with Gasteiger partial charge in [-0.2, -0.15) is 0 Å². The van der Waals surface area contributed by atoms with Gasteiger partial charge in [-0.25, -0.2) is 0 Å². The topological polar surface area (TPSA) is 83.4 Å². The van der Waals surface area contributed by atoms with Crippen LogP contribution in [0.2, 0.25) is 0 Å². The highest BCUT2D eigenvalue weighted by molar-refractivity contribution is 7.15. The van der Waals surface area contributed by atoms with E-state index in [1.807, 2.05) is 56.3 Å². The predicted molar refractivity (Wildman–Crippen MR) is 121 cm³/mol. The maximum atomic E-state index is 13.2. The Morgan fingerprint density at radius 1 is 1.06 bits per heavy atom. The van der Waals surface area contributed by atoms with E-state index >= 15 is 0 Å². The van der Waals surface area contributed by atoms with Crippen molar-refractivity contribution in [2.45, 2.75) is 40.2 Å². The number of aliphatic hydroxyl groups is 1. The Labute approximate surface area is 184 Å². The number of hydrogen-bond donors (Lipinski definition) is 1. The SMILES string of the molecule is CCc1ccc(C2/C(=C(\O)c3cc(C)ccc3C)C(=O)C(=O)N2c2nnc(C)s2)cc1. The number of hydrogen-bond acceptors (Lipinski definition) is 6. The first-order valence-corrected chi connectivity index (χ1v) is 10.9. The Kier molecular flexibility index (Phi) is 5.45. The lowest BCUT2D eigenvalue weighted by Crippen LogP contribution is -2.29. The molecule has 7 heteroatoms. The molecule has 1 N–H and O–H groups in total. The third kappa shape index (κ3) is 3.65. The van der Waals surface area contributed by atoms with Gasteiger partial charge in [0.1, 0.15) is 10.8 Å². The summed E-state index contributed by atoms with van der Waals surface area (Å²) in [6, 6.07) is 12.6. The van der Waals surface area contributed by atoms with E-state index in [4.69, 9.17) is 0 Å². The van der Waals surface area contributed by atoms with Crippen LogP contribution in [0, 0.1) is 20.8 Å². The number of amides is 1. The number of aromatic nitrogens is 2. The van der Waals surface area contributed by atoms with Gasteiger partial charge >= 0.3 is 5.91 Å². The molecule has 158 valence electrons. The largest absolute Gasteiger partial charge is 0.507 e. The van der Waals surface area contributed by atoms with Crippen molar-refractivity contribution in [3.8, 4) is 0 Å². The monoisotopic (exact) mass is 433 g/mol. The molecule has 1 amide bonds. The Bertz CT molecular complexity index is 1210. The molecule has 4 rings (SSSR count). The van der Waals surface area contributed by atoms with E-state index in [0.29, 0.717) is 15.7 Å². The highest BCUT2D eigenvalue weighted by Gasteiger charge is 2.48. The summed E-state index contributed by atoms with van der Waals surface area (Å²) in [5, 5.41) is 20.4. The van der Waals surface area contributed by atoms with Gasteiger partial charge in [0, 0.05) is 5.56 Å². The standard InChI is InChI=1S/C24H23N3O3S/c1-5-16-8-10-17(11-9-16)20-19(21(28)18-12-13(2)6-7-14(18)3)22(29)23(30)27(20)24-26-25-15(4)31-24/h6-12,20,28H,5H2,1-4H3/b21-19+. The Morgan fingerprint density at radius 2 is 1.77 bits per heavy atom. The van der Waals surface area contributed by atoms with Crippen molar-refractivity contribution in [3.05, 3.63) is 80.9 Å². The molecule has 0 bridgehead atoms. The fourth-order valence-electron chi connectivity index (χ4n) is 3.80. The molecule has 1 fully saturated rings. The van der Waals surface area contributed by atoms with Gasteiger partial charge < -0.3 is 5.11 Å². The van der Waals surface area contributed by atoms with Crippen LogP contribution in [0.1, 0.15) is 45.8 Å². The summed E-state index contributed by atoms with van der Waals surface area (Å²) >= 11 is 1.24. The van der Waals surface area contributed by atoms with Crippen LogP contribution in [-0.2, 0) is 16.0 Å². The zero-order valence-corrected chi connectivity index (χ0v) is 18.7. The second-order valence-corrected chi connectivity index (χ2v) is 8.85. The molecule has 1 aliphatic heterocycles. The molecule has 0 saturated carbocycles. The number of aliphatic hydroxyl groups excluding tert-OH is 1. The summed E-state index contributed by atoms with van der Waals surface area (Å²) in [5.41, 5.74) is 4.25. The molecule has 1 aromatic heterocycles. The fourth-order valence-corrected chi connectivity index (χ4v) is 4.51. The number of rotatable bonds is 4. The van der Waals surface area contributed by atoms with Gasteiger partial charge in [-0.1, -0.05) is 60.2 Å². The van der Waals surface area contributed by atoms with Crippen molar-refractivity contribution in [2.24, 2.45) is 0 Å². The van der Waals surface area contributed by atoms with Gasteiger partial charge in [-0.3, -0.25) is 14.5 Å². The number of carbonyl (C=O) groups is 2. The molecule has 2 aromatic carbocycles. The Hall–Kier alpha value is -3.32. The van der Waals surface area contributed by atoms with E-state index in [-0.39, 0.29) is 11.3 Å². The maximum absolute atomic E-state index is 13.2. The van der Waals surface area contributed by atoms with Gasteiger partial charge in [0.15, 0.2) is 0 Å². The van der Waals surface area contributed by atoms with Crippen LogP contribution in [0.15, 0.2) is 48.0 Å². The highest BCUT2D eigenvalue weighted by atomic mass is 32.1. The summed E-state index contributed by atoms with van der Waals surface area (Å²) in [5.74, 6) is -1.61. The molecule has 0 aliphatic carbocycles. The molecule has 3 aromatic rings. The fraction of sp³-hybridized carbons (Fsp3) is 0.250. The van der Waals surface area contributed by atoms with E-state index in [0.717, 1.165) is 28.7 Å². The van der Waals surface area contributed by atoms with Crippen molar-refractivity contribution in [1.29, 1.82) is 0 Å². The van der Waals surface area contributed by atoms with Gasteiger partial charge in [0.25, 0.3) is 5.78 Å². The van der Waals surface area contributed by atoms with Crippen LogP contribution < -0.4 is 4.90 Å². The molecular weight excluding hydrogens is 410 g/mol. The third-order valence-corrected chi connectivity index (χ3v) is 6.36. The molecule has 31 heavy (non-hydrogen) atoms. The highest BCUT2D eigenvalue weighted by Crippen LogP contribution is 2.43. The zero-order valence-electron chi connectivity index (χ0n) is 17.8. The molecule has 0 spiro atoms. The Morgan fingerprint density at radius 3 is 2.39 bits per heavy atom. The first kappa shape index (κ1) is 20.9. The van der Waals surface area contributed by atoms with Crippen molar-refractivity contribution in [3.63, 3.8) is 0 Å². The summed E-state index contributed by atoms with van der Waals surface area (Å²) < 4.78 is 0. The number of anilines is 1. The lowest BCUT2D eigenvalue weighted by molar-refractivity contribution is -0.132. The van der Waals surface area contributed by atoms with E-state index in [1.54, 1.807) is 6.92 Å². The number of carbonyl (C=O) groups excluding carboxylic acids is 2. The first-order valence-electron chi connectivity index (χ1n) is 10.1.